The Bertz CT molecular complexity index is 973. The van der Waals surface area contributed by atoms with Crippen molar-refractivity contribution >= 4 is 38.9 Å². The van der Waals surface area contributed by atoms with Gasteiger partial charge in [0.2, 0.25) is 21.8 Å². The maximum atomic E-state index is 12.5. The van der Waals surface area contributed by atoms with E-state index < -0.39 is 16.1 Å². The van der Waals surface area contributed by atoms with Crippen LogP contribution in [-0.2, 0) is 19.6 Å². The molecule has 0 unspecified atom stereocenters. The number of sulfonamides is 1. The summed E-state index contributed by atoms with van der Waals surface area (Å²) in [6.45, 7) is 3.10. The Morgan fingerprint density at radius 3 is 2.11 bits per heavy atom. The lowest BCUT2D eigenvalue weighted by Gasteiger charge is -2.17. The van der Waals surface area contributed by atoms with E-state index in [-0.39, 0.29) is 16.7 Å². The smallest absolute Gasteiger partial charge is 0.246 e. The van der Waals surface area contributed by atoms with E-state index in [0.29, 0.717) is 17.1 Å². The number of benzene rings is 2. The van der Waals surface area contributed by atoms with E-state index >= 15 is 0 Å². The van der Waals surface area contributed by atoms with Gasteiger partial charge >= 0.3 is 0 Å². The highest BCUT2D eigenvalue weighted by molar-refractivity contribution is 7.89. The van der Waals surface area contributed by atoms with Crippen molar-refractivity contribution < 1.29 is 18.0 Å². The van der Waals surface area contributed by atoms with Gasteiger partial charge in [0, 0.05) is 38.1 Å². The second-order valence-electron chi connectivity index (χ2n) is 6.43. The van der Waals surface area contributed by atoms with Crippen molar-refractivity contribution in [3.63, 3.8) is 0 Å². The summed E-state index contributed by atoms with van der Waals surface area (Å²) in [6.07, 6.45) is 0. The fourth-order valence-corrected chi connectivity index (χ4v) is 3.35. The van der Waals surface area contributed by atoms with Crippen LogP contribution in [0.1, 0.15) is 13.8 Å². The molecule has 3 N–H and O–H groups in total. The minimum atomic E-state index is -3.59. The highest BCUT2D eigenvalue weighted by atomic mass is 32.2. The van der Waals surface area contributed by atoms with E-state index in [4.69, 9.17) is 0 Å². The van der Waals surface area contributed by atoms with Gasteiger partial charge < -0.3 is 16.0 Å². The summed E-state index contributed by atoms with van der Waals surface area (Å²) < 4.78 is 25.6. The number of carbonyl (C=O) groups excluding carboxylic acids is 2. The first-order valence-corrected chi connectivity index (χ1v) is 10.0. The second kappa shape index (κ2) is 8.85. The molecule has 0 heterocycles. The number of amides is 2. The quantitative estimate of drug-likeness (QED) is 0.656. The van der Waals surface area contributed by atoms with E-state index in [2.05, 4.69) is 16.0 Å². The topological polar surface area (TPSA) is 108 Å². The molecule has 8 nitrogen and oxygen atoms in total. The molecule has 0 aromatic heterocycles. The maximum Gasteiger partial charge on any atom is 0.246 e. The molecule has 0 aliphatic carbocycles. The first-order valence-electron chi connectivity index (χ1n) is 8.57. The van der Waals surface area contributed by atoms with E-state index in [1.165, 1.54) is 33.2 Å². The summed E-state index contributed by atoms with van der Waals surface area (Å²) in [5.74, 6) is -0.514. The van der Waals surface area contributed by atoms with Crippen molar-refractivity contribution in [2.75, 3.05) is 30.0 Å². The number of anilines is 3. The molecule has 2 aromatic carbocycles. The molecule has 0 aliphatic heterocycles. The van der Waals surface area contributed by atoms with Crippen LogP contribution in [0, 0.1) is 0 Å². The fraction of sp³-hybridized carbons (Fsp3) is 0.263. The van der Waals surface area contributed by atoms with Crippen LogP contribution in [0.15, 0.2) is 53.4 Å². The molecule has 0 aliphatic rings. The number of rotatable bonds is 7. The van der Waals surface area contributed by atoms with E-state index in [0.717, 1.165) is 4.31 Å². The molecule has 2 aromatic rings. The van der Waals surface area contributed by atoms with Crippen LogP contribution in [0.2, 0.25) is 0 Å². The number of nitrogens with zero attached hydrogens (tertiary/aromatic N) is 1. The van der Waals surface area contributed by atoms with E-state index in [9.17, 15) is 18.0 Å². The molecule has 0 radical (unpaired) electrons. The van der Waals surface area contributed by atoms with Crippen molar-refractivity contribution in [2.24, 2.45) is 0 Å². The molecule has 150 valence electrons. The Morgan fingerprint density at radius 1 is 0.929 bits per heavy atom. The number of hydrogen-bond acceptors (Lipinski definition) is 5. The summed E-state index contributed by atoms with van der Waals surface area (Å²) in [6, 6.07) is 12.5. The Balaban J connectivity index is 2.08. The molecule has 2 rings (SSSR count). The Kier molecular flexibility index (Phi) is 6.76. The lowest BCUT2D eigenvalue weighted by Crippen LogP contribution is -2.32. The van der Waals surface area contributed by atoms with Crippen LogP contribution in [0.25, 0.3) is 0 Å². The highest BCUT2D eigenvalue weighted by Gasteiger charge is 2.18. The van der Waals surface area contributed by atoms with Crippen LogP contribution in [-0.4, -0.2) is 44.7 Å². The van der Waals surface area contributed by atoms with Crippen molar-refractivity contribution in [3.8, 4) is 0 Å². The zero-order valence-electron chi connectivity index (χ0n) is 16.2. The third kappa shape index (κ3) is 5.54. The third-order valence-corrected chi connectivity index (χ3v) is 5.65. The predicted octanol–water partition coefficient (Wildman–Crippen LogP) is 2.33. The standard InChI is InChI=1S/C19H24N4O4S/c1-13(20-15-7-5-8-16(11-15)21-14(2)24)19(25)22-17-9-6-10-18(12-17)28(26,27)23(3)4/h5-13,20H,1-4H3,(H,21,24)(H,22,25)/t13-/m0/s1. The average molecular weight is 404 g/mol. The molecular weight excluding hydrogens is 380 g/mol. The average Bonchev–Trinajstić information content (AvgIpc) is 2.61. The number of hydrogen-bond donors (Lipinski definition) is 3. The van der Waals surface area contributed by atoms with Crippen molar-refractivity contribution in [3.05, 3.63) is 48.5 Å². The maximum absolute atomic E-state index is 12.5. The van der Waals surface area contributed by atoms with Gasteiger partial charge in [0.25, 0.3) is 0 Å². The molecule has 0 saturated heterocycles. The molecule has 2 amide bonds. The van der Waals surface area contributed by atoms with E-state index in [1.807, 2.05) is 0 Å². The van der Waals surface area contributed by atoms with Gasteiger partial charge in [-0.25, -0.2) is 12.7 Å². The largest absolute Gasteiger partial charge is 0.374 e. The molecule has 0 fully saturated rings. The van der Waals surface area contributed by atoms with Crippen LogP contribution in [0.5, 0.6) is 0 Å². The van der Waals surface area contributed by atoms with Crippen molar-refractivity contribution in [1.82, 2.24) is 4.31 Å². The summed E-state index contributed by atoms with van der Waals surface area (Å²) in [5.41, 5.74) is 1.66. The van der Waals surface area contributed by atoms with Crippen LogP contribution < -0.4 is 16.0 Å². The molecule has 0 spiro atoms. The normalized spacial score (nSPS) is 12.3. The molecular formula is C19H24N4O4S. The third-order valence-electron chi connectivity index (χ3n) is 3.84. The summed E-state index contributed by atoms with van der Waals surface area (Å²) in [4.78, 5) is 23.7. The summed E-state index contributed by atoms with van der Waals surface area (Å²) in [5, 5.41) is 8.43. The zero-order valence-corrected chi connectivity index (χ0v) is 17.0. The lowest BCUT2D eigenvalue weighted by atomic mass is 10.2. The monoisotopic (exact) mass is 404 g/mol. The number of carbonyl (C=O) groups is 2. The summed E-state index contributed by atoms with van der Waals surface area (Å²) in [7, 11) is -0.695. The van der Waals surface area contributed by atoms with Crippen LogP contribution >= 0.6 is 0 Å². The Morgan fingerprint density at radius 2 is 1.50 bits per heavy atom. The highest BCUT2D eigenvalue weighted by Crippen LogP contribution is 2.19. The van der Waals surface area contributed by atoms with Crippen molar-refractivity contribution in [1.29, 1.82) is 0 Å². The molecule has 0 saturated carbocycles. The van der Waals surface area contributed by atoms with Gasteiger partial charge in [-0.15, -0.1) is 0 Å². The Hall–Kier alpha value is -2.91. The van der Waals surface area contributed by atoms with Gasteiger partial charge in [-0.05, 0) is 43.3 Å². The molecule has 0 bridgehead atoms. The van der Waals surface area contributed by atoms with Gasteiger partial charge in [0.15, 0.2) is 0 Å². The van der Waals surface area contributed by atoms with Gasteiger partial charge in [0.05, 0.1) is 4.90 Å². The SMILES string of the molecule is CC(=O)Nc1cccc(N[C@@H](C)C(=O)Nc2cccc(S(=O)(=O)N(C)C)c2)c1. The first kappa shape index (κ1) is 21.4. The first-order chi connectivity index (χ1) is 13.1. The molecule has 1 atom stereocenters. The van der Waals surface area contributed by atoms with Gasteiger partial charge in [-0.1, -0.05) is 12.1 Å². The lowest BCUT2D eigenvalue weighted by molar-refractivity contribution is -0.116. The van der Waals surface area contributed by atoms with Crippen LogP contribution in [0.3, 0.4) is 0 Å². The molecule has 9 heteroatoms. The second-order valence-corrected chi connectivity index (χ2v) is 8.58. The minimum Gasteiger partial charge on any atom is -0.374 e. The van der Waals surface area contributed by atoms with E-state index in [1.54, 1.807) is 43.3 Å². The summed E-state index contributed by atoms with van der Waals surface area (Å²) >= 11 is 0. The van der Waals surface area contributed by atoms with Gasteiger partial charge in [0.1, 0.15) is 6.04 Å². The zero-order chi connectivity index (χ0) is 20.9. The van der Waals surface area contributed by atoms with Gasteiger partial charge in [-0.3, -0.25) is 9.59 Å². The van der Waals surface area contributed by atoms with Gasteiger partial charge in [-0.2, -0.15) is 0 Å². The van der Waals surface area contributed by atoms with Crippen LogP contribution in [0.4, 0.5) is 17.1 Å². The fourth-order valence-electron chi connectivity index (χ4n) is 2.40. The number of nitrogens with one attached hydrogen (secondary N) is 3. The predicted molar refractivity (Wildman–Crippen MR) is 110 cm³/mol. The molecule has 28 heavy (non-hydrogen) atoms. The Labute approximate surface area is 165 Å². The van der Waals surface area contributed by atoms with Crippen molar-refractivity contribution in [2.45, 2.75) is 24.8 Å². The minimum absolute atomic E-state index is 0.0962.